The summed E-state index contributed by atoms with van der Waals surface area (Å²) in [5.74, 6) is 2.56. The van der Waals surface area contributed by atoms with Crippen molar-refractivity contribution in [2.45, 2.75) is 44.9 Å². The van der Waals surface area contributed by atoms with E-state index in [0.29, 0.717) is 5.92 Å². The molecule has 0 aromatic heterocycles. The normalized spacial score (nSPS) is 36.7. The number of hydrogen-bond donors (Lipinski definition) is 0. The zero-order chi connectivity index (χ0) is 9.97. The van der Waals surface area contributed by atoms with E-state index in [4.69, 9.17) is 0 Å². The number of hydrogen-bond acceptors (Lipinski definition) is 2. The molecule has 0 aromatic rings. The van der Waals surface area contributed by atoms with Crippen molar-refractivity contribution in [2.24, 2.45) is 17.8 Å². The maximum absolute atomic E-state index is 10.3. The fraction of sp³-hybridized carbons (Fsp3) is 1.00. The van der Waals surface area contributed by atoms with E-state index in [2.05, 4.69) is 0 Å². The first kappa shape index (κ1) is 9.94. The van der Waals surface area contributed by atoms with Crippen LogP contribution in [0.3, 0.4) is 0 Å². The van der Waals surface area contributed by atoms with Crippen molar-refractivity contribution in [1.82, 2.24) is 0 Å². The Kier molecular flexibility index (Phi) is 3.04. The lowest BCUT2D eigenvalue weighted by Crippen LogP contribution is -2.25. The summed E-state index contributed by atoms with van der Waals surface area (Å²) in [5.41, 5.74) is 0. The highest BCUT2D eigenvalue weighted by molar-refractivity contribution is 4.85. The zero-order valence-corrected chi connectivity index (χ0v) is 8.65. The second kappa shape index (κ2) is 4.28. The molecule has 3 nitrogen and oxygen atoms in total. The van der Waals surface area contributed by atoms with E-state index >= 15 is 0 Å². The van der Waals surface area contributed by atoms with Gasteiger partial charge in [0.05, 0.1) is 0 Å². The number of nitrogens with zero attached hydrogens (tertiary/aromatic N) is 1. The maximum atomic E-state index is 10.3. The van der Waals surface area contributed by atoms with Crippen molar-refractivity contribution < 1.29 is 4.92 Å². The molecule has 80 valence electrons. The summed E-state index contributed by atoms with van der Waals surface area (Å²) in [6.07, 6.45) is 8.84. The van der Waals surface area contributed by atoms with Gasteiger partial charge in [0.25, 0.3) is 0 Å². The van der Waals surface area contributed by atoms with Crippen LogP contribution in [0.15, 0.2) is 0 Å². The van der Waals surface area contributed by atoms with E-state index in [-0.39, 0.29) is 11.5 Å². The van der Waals surface area contributed by atoms with Gasteiger partial charge in [-0.05, 0) is 37.0 Å². The van der Waals surface area contributed by atoms with Crippen molar-refractivity contribution >= 4 is 0 Å². The van der Waals surface area contributed by atoms with Gasteiger partial charge in [0, 0.05) is 11.3 Å². The van der Waals surface area contributed by atoms with Gasteiger partial charge in [0.2, 0.25) is 6.54 Å². The Hall–Kier alpha value is -0.600. The molecule has 0 radical (unpaired) electrons. The Balaban J connectivity index is 1.78. The summed E-state index contributed by atoms with van der Waals surface area (Å²) >= 11 is 0. The molecule has 14 heavy (non-hydrogen) atoms. The van der Waals surface area contributed by atoms with Crippen molar-refractivity contribution in [3.8, 4) is 0 Å². The highest BCUT2D eigenvalue weighted by atomic mass is 16.6. The van der Waals surface area contributed by atoms with Gasteiger partial charge in [-0.25, -0.2) is 0 Å². The molecule has 0 aliphatic heterocycles. The lowest BCUT2D eigenvalue weighted by atomic mass is 9.70. The Morgan fingerprint density at radius 3 is 2.57 bits per heavy atom. The molecule has 0 bridgehead atoms. The lowest BCUT2D eigenvalue weighted by Gasteiger charge is -2.36. The Bertz CT molecular complexity index is 217. The first-order chi connectivity index (χ1) is 6.75. The van der Waals surface area contributed by atoms with Gasteiger partial charge < -0.3 is 0 Å². The molecule has 0 spiro atoms. The fourth-order valence-electron chi connectivity index (χ4n) is 3.09. The fourth-order valence-corrected chi connectivity index (χ4v) is 3.09. The minimum Gasteiger partial charge on any atom is -0.265 e. The summed E-state index contributed by atoms with van der Waals surface area (Å²) in [6.45, 7) is 0.183. The highest BCUT2D eigenvalue weighted by Gasteiger charge is 2.34. The Morgan fingerprint density at radius 1 is 1.14 bits per heavy atom. The molecule has 0 N–H and O–H groups in total. The van der Waals surface area contributed by atoms with Crippen LogP contribution in [0.25, 0.3) is 0 Å². The molecule has 2 fully saturated rings. The van der Waals surface area contributed by atoms with E-state index in [1.807, 2.05) is 0 Å². The zero-order valence-electron chi connectivity index (χ0n) is 8.65. The van der Waals surface area contributed by atoms with Crippen molar-refractivity contribution in [1.29, 1.82) is 0 Å². The van der Waals surface area contributed by atoms with Crippen molar-refractivity contribution in [3.05, 3.63) is 10.1 Å². The van der Waals surface area contributed by atoms with Crippen LogP contribution in [-0.4, -0.2) is 11.5 Å². The van der Waals surface area contributed by atoms with Gasteiger partial charge in [0.15, 0.2) is 0 Å². The van der Waals surface area contributed by atoms with Gasteiger partial charge in [-0.15, -0.1) is 0 Å². The molecule has 0 heterocycles. The van der Waals surface area contributed by atoms with Crippen LogP contribution in [-0.2, 0) is 0 Å². The van der Waals surface area contributed by atoms with E-state index in [1.54, 1.807) is 0 Å². The molecule has 2 saturated carbocycles. The standard InChI is InChI=1S/C11H19NO2/c13-12(14)7-6-9-2-1-3-10-4-5-11(10)8-9/h9-11H,1-8H2/t9-,10?,11?/m1/s1. The molecule has 0 amide bonds. The van der Waals surface area contributed by atoms with Gasteiger partial charge in [-0.1, -0.05) is 19.3 Å². The van der Waals surface area contributed by atoms with Crippen molar-refractivity contribution in [3.63, 3.8) is 0 Å². The van der Waals surface area contributed by atoms with Crippen molar-refractivity contribution in [2.75, 3.05) is 6.54 Å². The van der Waals surface area contributed by atoms with Crippen LogP contribution in [0.4, 0.5) is 0 Å². The molecule has 2 aliphatic carbocycles. The summed E-state index contributed by atoms with van der Waals surface area (Å²) < 4.78 is 0. The summed E-state index contributed by atoms with van der Waals surface area (Å²) in [4.78, 5) is 10.1. The van der Waals surface area contributed by atoms with E-state index in [9.17, 15) is 10.1 Å². The predicted octanol–water partition coefficient (Wildman–Crippen LogP) is 2.87. The van der Waals surface area contributed by atoms with Gasteiger partial charge in [-0.3, -0.25) is 10.1 Å². The average molecular weight is 197 g/mol. The van der Waals surface area contributed by atoms with E-state index in [0.717, 1.165) is 18.3 Å². The lowest BCUT2D eigenvalue weighted by molar-refractivity contribution is -0.481. The maximum Gasteiger partial charge on any atom is 0.204 e. The second-order valence-corrected chi connectivity index (χ2v) is 4.98. The predicted molar refractivity (Wildman–Crippen MR) is 54.7 cm³/mol. The van der Waals surface area contributed by atoms with Crippen LogP contribution in [0.2, 0.25) is 0 Å². The molecule has 2 rings (SSSR count). The van der Waals surface area contributed by atoms with E-state index < -0.39 is 0 Å². The molecule has 0 aromatic carbocycles. The number of nitro groups is 1. The Morgan fingerprint density at radius 2 is 1.93 bits per heavy atom. The number of fused-ring (bicyclic) bond motifs is 1. The molecule has 3 heteroatoms. The van der Waals surface area contributed by atoms with Crippen LogP contribution in [0.1, 0.15) is 44.9 Å². The van der Waals surface area contributed by atoms with Gasteiger partial charge in [-0.2, -0.15) is 0 Å². The largest absolute Gasteiger partial charge is 0.265 e. The smallest absolute Gasteiger partial charge is 0.204 e. The quantitative estimate of drug-likeness (QED) is 0.515. The minimum absolute atomic E-state index is 0.164. The topological polar surface area (TPSA) is 43.1 Å². The molecule has 2 aliphatic rings. The van der Waals surface area contributed by atoms with E-state index in [1.165, 1.54) is 38.5 Å². The first-order valence-electron chi connectivity index (χ1n) is 5.87. The van der Waals surface area contributed by atoms with Crippen LogP contribution in [0.5, 0.6) is 0 Å². The SMILES string of the molecule is O=[N+]([O-])CC[C@H]1CCCC2CCC2C1. The first-order valence-corrected chi connectivity index (χ1v) is 5.87. The second-order valence-electron chi connectivity index (χ2n) is 4.98. The Labute approximate surface area is 85.0 Å². The highest BCUT2D eigenvalue weighted by Crippen LogP contribution is 2.45. The monoisotopic (exact) mass is 197 g/mol. The minimum atomic E-state index is -0.164. The van der Waals surface area contributed by atoms with Crippen LogP contribution < -0.4 is 0 Å². The molecular weight excluding hydrogens is 178 g/mol. The van der Waals surface area contributed by atoms with Crippen LogP contribution >= 0.6 is 0 Å². The van der Waals surface area contributed by atoms with Gasteiger partial charge in [0.1, 0.15) is 0 Å². The summed E-state index contributed by atoms with van der Waals surface area (Å²) in [7, 11) is 0. The number of rotatable bonds is 3. The third kappa shape index (κ3) is 2.25. The summed E-state index contributed by atoms with van der Waals surface area (Å²) in [5, 5.41) is 10.3. The molecular formula is C11H19NO2. The third-order valence-corrected chi connectivity index (χ3v) is 4.12. The van der Waals surface area contributed by atoms with Crippen LogP contribution in [0, 0.1) is 27.9 Å². The molecule has 2 unspecified atom stereocenters. The molecule has 3 atom stereocenters. The summed E-state index contributed by atoms with van der Waals surface area (Å²) in [6, 6.07) is 0. The van der Waals surface area contributed by atoms with Gasteiger partial charge >= 0.3 is 0 Å². The average Bonchev–Trinajstić information content (AvgIpc) is 2.24. The third-order valence-electron chi connectivity index (χ3n) is 4.12. The molecule has 0 saturated heterocycles.